The lowest BCUT2D eigenvalue weighted by Crippen LogP contribution is -2.37. The lowest BCUT2D eigenvalue weighted by molar-refractivity contribution is -0.129. The Labute approximate surface area is 145 Å². The summed E-state index contributed by atoms with van der Waals surface area (Å²) in [4.78, 5) is 26.7. The van der Waals surface area contributed by atoms with Crippen molar-refractivity contribution in [2.75, 3.05) is 19.8 Å². The minimum atomic E-state index is -0.408. The van der Waals surface area contributed by atoms with Gasteiger partial charge in [-0.15, -0.1) is 11.8 Å². The first kappa shape index (κ1) is 18.0. The summed E-state index contributed by atoms with van der Waals surface area (Å²) in [7, 11) is 1.69. The average Bonchev–Trinajstić information content (AvgIpc) is 2.60. The molecule has 1 N–H and O–H groups in total. The van der Waals surface area contributed by atoms with Gasteiger partial charge in [-0.2, -0.15) is 0 Å². The van der Waals surface area contributed by atoms with Crippen LogP contribution in [0.5, 0.6) is 0 Å². The Bertz CT molecular complexity index is 702. The molecule has 0 radical (unpaired) electrons. The topological polar surface area (TPSA) is 49.4 Å². The van der Waals surface area contributed by atoms with E-state index in [1.807, 2.05) is 30.5 Å². The molecule has 0 aliphatic heterocycles. The number of nitrogens with zero attached hydrogens (tertiary/aromatic N) is 1. The molecule has 0 saturated carbocycles. The molecule has 2 rings (SSSR count). The van der Waals surface area contributed by atoms with Gasteiger partial charge in [0.15, 0.2) is 0 Å². The Hall–Kier alpha value is -2.34. The zero-order valence-electron chi connectivity index (χ0n) is 13.6. The number of carbonyl (C=O) groups is 2. The number of halogens is 1. The van der Waals surface area contributed by atoms with Gasteiger partial charge >= 0.3 is 0 Å². The molecule has 2 aromatic carbocycles. The first-order valence-electron chi connectivity index (χ1n) is 7.40. The Morgan fingerprint density at radius 1 is 1.08 bits per heavy atom. The van der Waals surface area contributed by atoms with Crippen LogP contribution in [0.1, 0.15) is 15.9 Å². The summed E-state index contributed by atoms with van der Waals surface area (Å²) >= 11 is 1.66. The van der Waals surface area contributed by atoms with Crippen molar-refractivity contribution in [1.29, 1.82) is 0 Å². The maximum atomic E-state index is 12.8. The third-order valence-electron chi connectivity index (χ3n) is 3.51. The van der Waals surface area contributed by atoms with Crippen LogP contribution in [0.2, 0.25) is 0 Å². The lowest BCUT2D eigenvalue weighted by Gasteiger charge is -2.18. The second kappa shape index (κ2) is 8.49. The highest BCUT2D eigenvalue weighted by Crippen LogP contribution is 2.15. The molecule has 0 heterocycles. The zero-order valence-corrected chi connectivity index (χ0v) is 14.4. The summed E-state index contributed by atoms with van der Waals surface area (Å²) in [6.45, 7) is 0.371. The van der Waals surface area contributed by atoms with Crippen LogP contribution in [-0.2, 0) is 11.3 Å². The van der Waals surface area contributed by atoms with Crippen LogP contribution in [0, 0.1) is 5.82 Å². The van der Waals surface area contributed by atoms with Crippen LogP contribution in [0.3, 0.4) is 0 Å². The van der Waals surface area contributed by atoms with E-state index in [0.29, 0.717) is 12.1 Å². The fourth-order valence-corrected chi connectivity index (χ4v) is 2.50. The van der Waals surface area contributed by atoms with E-state index in [-0.39, 0.29) is 12.5 Å². The number of hydrogen-bond acceptors (Lipinski definition) is 3. The van der Waals surface area contributed by atoms with Crippen molar-refractivity contribution >= 4 is 23.6 Å². The molecule has 0 fully saturated rings. The first-order chi connectivity index (χ1) is 11.5. The Balaban J connectivity index is 1.84. The molecule has 6 heteroatoms. The van der Waals surface area contributed by atoms with Crippen molar-refractivity contribution in [2.24, 2.45) is 0 Å². The molecule has 0 saturated heterocycles. The number of likely N-dealkylation sites (N-methyl/N-ethyl adjacent to an activating group) is 1. The quantitative estimate of drug-likeness (QED) is 0.818. The molecule has 0 atom stereocenters. The van der Waals surface area contributed by atoms with Gasteiger partial charge < -0.3 is 10.2 Å². The van der Waals surface area contributed by atoms with Crippen molar-refractivity contribution in [2.45, 2.75) is 11.4 Å². The highest BCUT2D eigenvalue weighted by atomic mass is 32.2. The third-order valence-corrected chi connectivity index (χ3v) is 4.25. The molecular weight excluding hydrogens is 327 g/mol. The fourth-order valence-electron chi connectivity index (χ4n) is 2.09. The number of rotatable bonds is 6. The van der Waals surface area contributed by atoms with Gasteiger partial charge in [-0.1, -0.05) is 12.1 Å². The Kier molecular flexibility index (Phi) is 6.37. The standard InChI is InChI=1S/C18H19FN2O2S/c1-21(12-13-3-9-16(24-2)10-4-13)17(22)11-20-18(23)14-5-7-15(19)8-6-14/h3-10H,11-12H2,1-2H3,(H,20,23). The van der Waals surface area contributed by atoms with E-state index >= 15 is 0 Å². The van der Waals surface area contributed by atoms with Gasteiger partial charge in [0.1, 0.15) is 5.82 Å². The van der Waals surface area contributed by atoms with Crippen LogP contribution in [0.4, 0.5) is 4.39 Å². The molecule has 0 aliphatic carbocycles. The van der Waals surface area contributed by atoms with Crippen LogP contribution in [0.15, 0.2) is 53.4 Å². The molecule has 4 nitrogen and oxygen atoms in total. The predicted molar refractivity (Wildman–Crippen MR) is 93.4 cm³/mol. The lowest BCUT2D eigenvalue weighted by atomic mass is 10.2. The van der Waals surface area contributed by atoms with Crippen molar-refractivity contribution in [3.63, 3.8) is 0 Å². The van der Waals surface area contributed by atoms with Gasteiger partial charge in [-0.05, 0) is 48.2 Å². The van der Waals surface area contributed by atoms with E-state index in [4.69, 9.17) is 0 Å². The fraction of sp³-hybridized carbons (Fsp3) is 0.222. The van der Waals surface area contributed by atoms with Crippen LogP contribution < -0.4 is 5.32 Å². The summed E-state index contributed by atoms with van der Waals surface area (Å²) < 4.78 is 12.8. The number of carbonyl (C=O) groups excluding carboxylic acids is 2. The SMILES string of the molecule is CSc1ccc(CN(C)C(=O)CNC(=O)c2ccc(F)cc2)cc1. The highest BCUT2D eigenvalue weighted by Gasteiger charge is 2.12. The van der Waals surface area contributed by atoms with Crippen molar-refractivity contribution in [3.8, 4) is 0 Å². The van der Waals surface area contributed by atoms with Crippen molar-refractivity contribution < 1.29 is 14.0 Å². The molecule has 126 valence electrons. The minimum Gasteiger partial charge on any atom is -0.343 e. The van der Waals surface area contributed by atoms with Crippen LogP contribution in [-0.4, -0.2) is 36.6 Å². The van der Waals surface area contributed by atoms with Gasteiger partial charge in [0.25, 0.3) is 5.91 Å². The second-order valence-electron chi connectivity index (χ2n) is 5.29. The van der Waals surface area contributed by atoms with Crippen LogP contribution in [0.25, 0.3) is 0 Å². The number of nitrogens with one attached hydrogen (secondary N) is 1. The van der Waals surface area contributed by atoms with Gasteiger partial charge in [-0.3, -0.25) is 9.59 Å². The van der Waals surface area contributed by atoms with Crippen molar-refractivity contribution in [1.82, 2.24) is 10.2 Å². The number of hydrogen-bond donors (Lipinski definition) is 1. The molecule has 0 aromatic heterocycles. The molecule has 0 aliphatic rings. The van der Waals surface area contributed by atoms with Crippen LogP contribution >= 0.6 is 11.8 Å². The smallest absolute Gasteiger partial charge is 0.251 e. The van der Waals surface area contributed by atoms with E-state index in [1.54, 1.807) is 23.7 Å². The molecule has 2 aromatic rings. The van der Waals surface area contributed by atoms with E-state index in [2.05, 4.69) is 5.32 Å². The molecule has 0 bridgehead atoms. The minimum absolute atomic E-state index is 0.102. The summed E-state index contributed by atoms with van der Waals surface area (Å²) in [5, 5.41) is 2.55. The first-order valence-corrected chi connectivity index (χ1v) is 8.62. The number of amides is 2. The van der Waals surface area contributed by atoms with E-state index < -0.39 is 11.7 Å². The Morgan fingerprint density at radius 2 is 1.71 bits per heavy atom. The van der Waals surface area contributed by atoms with Gasteiger partial charge in [0, 0.05) is 24.1 Å². The number of thioether (sulfide) groups is 1. The summed E-state index contributed by atoms with van der Waals surface area (Å²) in [5.74, 6) is -1.00. The summed E-state index contributed by atoms with van der Waals surface area (Å²) in [5.41, 5.74) is 1.34. The maximum absolute atomic E-state index is 12.8. The molecular formula is C18H19FN2O2S. The van der Waals surface area contributed by atoms with E-state index in [0.717, 1.165) is 5.56 Å². The molecule has 0 unspecified atom stereocenters. The predicted octanol–water partition coefficient (Wildman–Crippen LogP) is 2.94. The van der Waals surface area contributed by atoms with E-state index in [1.165, 1.54) is 29.2 Å². The average molecular weight is 346 g/mol. The highest BCUT2D eigenvalue weighted by molar-refractivity contribution is 7.98. The Morgan fingerprint density at radius 3 is 2.29 bits per heavy atom. The largest absolute Gasteiger partial charge is 0.343 e. The monoisotopic (exact) mass is 346 g/mol. The van der Waals surface area contributed by atoms with Crippen molar-refractivity contribution in [3.05, 3.63) is 65.5 Å². The summed E-state index contributed by atoms with van der Waals surface area (Å²) in [6, 6.07) is 13.2. The summed E-state index contributed by atoms with van der Waals surface area (Å²) in [6.07, 6.45) is 2.01. The van der Waals surface area contributed by atoms with Gasteiger partial charge in [-0.25, -0.2) is 4.39 Å². The second-order valence-corrected chi connectivity index (χ2v) is 6.17. The zero-order chi connectivity index (χ0) is 17.5. The number of benzene rings is 2. The third kappa shape index (κ3) is 5.09. The van der Waals surface area contributed by atoms with E-state index in [9.17, 15) is 14.0 Å². The molecule has 24 heavy (non-hydrogen) atoms. The van der Waals surface area contributed by atoms with Gasteiger partial charge in [0.2, 0.25) is 5.91 Å². The van der Waals surface area contributed by atoms with Gasteiger partial charge in [0.05, 0.1) is 6.54 Å². The molecule has 2 amide bonds. The maximum Gasteiger partial charge on any atom is 0.251 e. The normalized spacial score (nSPS) is 10.3. The molecule has 0 spiro atoms.